The lowest BCUT2D eigenvalue weighted by molar-refractivity contribution is 1.22. The van der Waals surface area contributed by atoms with Crippen molar-refractivity contribution in [3.63, 3.8) is 0 Å². The van der Waals surface area contributed by atoms with E-state index in [4.69, 9.17) is 0 Å². The summed E-state index contributed by atoms with van der Waals surface area (Å²) in [6, 6.07) is 31.0. The highest BCUT2D eigenvalue weighted by molar-refractivity contribution is 9.10. The van der Waals surface area contributed by atoms with Crippen LogP contribution in [0.4, 0.5) is 0 Å². The van der Waals surface area contributed by atoms with Gasteiger partial charge in [-0.25, -0.2) is 0 Å². The lowest BCUT2D eigenvalue weighted by atomic mass is 9.97. The van der Waals surface area contributed by atoms with Crippen LogP contribution < -0.4 is 0 Å². The van der Waals surface area contributed by atoms with Crippen LogP contribution >= 0.6 is 31.9 Å². The zero-order valence-corrected chi connectivity index (χ0v) is 24.1. The number of fused-ring (bicyclic) bond motifs is 2. The van der Waals surface area contributed by atoms with E-state index in [0.29, 0.717) is 0 Å². The Morgan fingerprint density at radius 1 is 0.543 bits per heavy atom. The summed E-state index contributed by atoms with van der Waals surface area (Å²) in [5.74, 6) is 0. The molecule has 0 fully saturated rings. The fourth-order valence-electron chi connectivity index (χ4n) is 5.51. The Morgan fingerprint density at radius 2 is 0.943 bits per heavy atom. The number of allylic oxidation sites excluding steroid dienone is 2. The molecule has 172 valence electrons. The van der Waals surface area contributed by atoms with Gasteiger partial charge in [0.25, 0.3) is 0 Å². The van der Waals surface area contributed by atoms with E-state index in [1.807, 2.05) is 0 Å². The molecular formula is C32H26Br2Si. The minimum absolute atomic E-state index is 1.08. The fraction of sp³-hybridized carbons (Fsp3) is 0.125. The van der Waals surface area contributed by atoms with E-state index in [-0.39, 0.29) is 0 Å². The van der Waals surface area contributed by atoms with Crippen molar-refractivity contribution in [1.29, 1.82) is 0 Å². The van der Waals surface area contributed by atoms with Gasteiger partial charge in [0.2, 0.25) is 0 Å². The Hall–Kier alpha value is -2.46. The van der Waals surface area contributed by atoms with Crippen LogP contribution in [-0.2, 0) is 12.8 Å². The van der Waals surface area contributed by atoms with Gasteiger partial charge in [0.05, 0.1) is 0 Å². The molecule has 0 atom stereocenters. The average Bonchev–Trinajstić information content (AvgIpc) is 3.50. The largest absolute Gasteiger partial charge is 0.103 e. The molecule has 2 aliphatic rings. The standard InChI is InChI=1S/C32H26Br2Si/c1-35(2,27-17-23-5-3-7-29(31(23)19-27)21-9-13-25(33)14-10-21)28-18-24-6-4-8-30(32(24)20-28)22-11-15-26(34)16-12-22/h3-16,19-20H,17-18H2,1-2H3. The van der Waals surface area contributed by atoms with Crippen molar-refractivity contribution in [3.05, 3.63) is 127 Å². The first-order valence-electron chi connectivity index (χ1n) is 12.1. The third kappa shape index (κ3) is 4.14. The van der Waals surface area contributed by atoms with Crippen LogP contribution in [0, 0.1) is 0 Å². The summed E-state index contributed by atoms with van der Waals surface area (Å²) in [7, 11) is -1.79. The van der Waals surface area contributed by atoms with Gasteiger partial charge in [0.1, 0.15) is 8.07 Å². The van der Waals surface area contributed by atoms with Gasteiger partial charge in [-0.05, 0) is 81.6 Å². The van der Waals surface area contributed by atoms with Gasteiger partial charge in [0.15, 0.2) is 0 Å². The molecule has 0 aliphatic heterocycles. The van der Waals surface area contributed by atoms with Crippen LogP contribution in [0.2, 0.25) is 13.1 Å². The molecule has 0 aromatic heterocycles. The summed E-state index contributed by atoms with van der Waals surface area (Å²) in [5, 5.41) is 3.28. The summed E-state index contributed by atoms with van der Waals surface area (Å²) in [6.07, 6.45) is 7.20. The molecule has 0 unspecified atom stereocenters. The maximum Gasteiger partial charge on any atom is 0.103 e. The van der Waals surface area contributed by atoms with Crippen LogP contribution in [0.5, 0.6) is 0 Å². The van der Waals surface area contributed by atoms with Crippen LogP contribution in [0.3, 0.4) is 0 Å². The second-order valence-electron chi connectivity index (χ2n) is 10.1. The molecule has 0 nitrogen and oxygen atoms in total. The molecule has 2 aliphatic carbocycles. The van der Waals surface area contributed by atoms with Crippen molar-refractivity contribution in [2.75, 3.05) is 0 Å². The minimum Gasteiger partial charge on any atom is -0.0714 e. The van der Waals surface area contributed by atoms with E-state index < -0.39 is 8.07 Å². The van der Waals surface area contributed by atoms with E-state index in [1.165, 1.54) is 44.5 Å². The lowest BCUT2D eigenvalue weighted by Gasteiger charge is -2.26. The maximum absolute atomic E-state index is 3.57. The zero-order chi connectivity index (χ0) is 24.2. The molecule has 0 N–H and O–H groups in total. The molecule has 0 bridgehead atoms. The smallest absolute Gasteiger partial charge is 0.0714 e. The van der Waals surface area contributed by atoms with E-state index >= 15 is 0 Å². The quantitative estimate of drug-likeness (QED) is 0.205. The Morgan fingerprint density at radius 3 is 1.34 bits per heavy atom. The molecule has 35 heavy (non-hydrogen) atoms. The third-order valence-corrected chi connectivity index (χ3v) is 12.6. The molecule has 0 heterocycles. The topological polar surface area (TPSA) is 0 Å². The van der Waals surface area contributed by atoms with Crippen LogP contribution in [0.15, 0.2) is 104 Å². The van der Waals surface area contributed by atoms with Gasteiger partial charge in [-0.3, -0.25) is 0 Å². The second kappa shape index (κ2) is 8.88. The Bertz CT molecular complexity index is 1390. The van der Waals surface area contributed by atoms with Crippen molar-refractivity contribution in [1.82, 2.24) is 0 Å². The Labute approximate surface area is 225 Å². The van der Waals surface area contributed by atoms with Gasteiger partial charge in [-0.15, -0.1) is 0 Å². The molecule has 0 saturated heterocycles. The van der Waals surface area contributed by atoms with Gasteiger partial charge in [0, 0.05) is 8.95 Å². The minimum atomic E-state index is -1.79. The van der Waals surface area contributed by atoms with Crippen molar-refractivity contribution >= 4 is 52.1 Å². The highest BCUT2D eigenvalue weighted by atomic mass is 79.9. The first-order chi connectivity index (χ1) is 16.9. The number of halogens is 2. The average molecular weight is 598 g/mol. The molecule has 3 heteroatoms. The van der Waals surface area contributed by atoms with Gasteiger partial charge < -0.3 is 0 Å². The summed E-state index contributed by atoms with van der Waals surface area (Å²) in [5.41, 5.74) is 11.0. The highest BCUT2D eigenvalue weighted by Gasteiger charge is 2.36. The Balaban J connectivity index is 1.37. The molecule has 0 spiro atoms. The summed E-state index contributed by atoms with van der Waals surface area (Å²) >= 11 is 7.15. The van der Waals surface area contributed by atoms with Crippen molar-refractivity contribution in [2.24, 2.45) is 0 Å². The van der Waals surface area contributed by atoms with E-state index in [2.05, 4.69) is 142 Å². The second-order valence-corrected chi connectivity index (χ2v) is 16.5. The Kier molecular flexibility index (Phi) is 5.83. The molecule has 0 amide bonds. The number of hydrogen-bond donors (Lipinski definition) is 0. The normalized spacial score (nSPS) is 14.4. The fourth-order valence-corrected chi connectivity index (χ4v) is 8.72. The maximum atomic E-state index is 3.57. The van der Waals surface area contributed by atoms with Gasteiger partial charge in [-0.2, -0.15) is 0 Å². The molecule has 0 saturated carbocycles. The van der Waals surface area contributed by atoms with Crippen molar-refractivity contribution < 1.29 is 0 Å². The monoisotopic (exact) mass is 596 g/mol. The van der Waals surface area contributed by atoms with Crippen molar-refractivity contribution in [3.8, 4) is 22.3 Å². The lowest BCUT2D eigenvalue weighted by Crippen LogP contribution is -2.32. The predicted octanol–water partition coefficient (Wildman–Crippen LogP) is 9.91. The summed E-state index contributed by atoms with van der Waals surface area (Å²) in [4.78, 5) is 0. The number of rotatable bonds is 4. The molecular weight excluding hydrogens is 572 g/mol. The predicted molar refractivity (Wildman–Crippen MR) is 160 cm³/mol. The first kappa shape index (κ1) is 23.0. The SMILES string of the molecule is C[Si](C)(C1=Cc2c(cccc2-c2ccc(Br)cc2)C1)C1=Cc2c(cccc2-c2ccc(Br)cc2)C1. The zero-order valence-electron chi connectivity index (χ0n) is 19.9. The van der Waals surface area contributed by atoms with Gasteiger partial charge >= 0.3 is 0 Å². The number of benzene rings is 4. The first-order valence-corrected chi connectivity index (χ1v) is 16.7. The number of hydrogen-bond acceptors (Lipinski definition) is 0. The van der Waals surface area contributed by atoms with E-state index in [9.17, 15) is 0 Å². The van der Waals surface area contributed by atoms with Crippen molar-refractivity contribution in [2.45, 2.75) is 25.9 Å². The molecule has 4 aromatic rings. The highest BCUT2D eigenvalue weighted by Crippen LogP contribution is 2.43. The van der Waals surface area contributed by atoms with E-state index in [1.54, 1.807) is 10.4 Å². The van der Waals surface area contributed by atoms with Crippen LogP contribution in [-0.4, -0.2) is 8.07 Å². The summed E-state index contributed by atoms with van der Waals surface area (Å²) < 4.78 is 2.24. The van der Waals surface area contributed by atoms with Crippen LogP contribution in [0.25, 0.3) is 34.4 Å². The van der Waals surface area contributed by atoms with Crippen LogP contribution in [0.1, 0.15) is 22.3 Å². The van der Waals surface area contributed by atoms with E-state index in [0.717, 1.165) is 21.8 Å². The third-order valence-electron chi connectivity index (χ3n) is 7.71. The molecule has 0 radical (unpaired) electrons. The van der Waals surface area contributed by atoms with Gasteiger partial charge in [-0.1, -0.05) is 128 Å². The molecule has 6 rings (SSSR count). The summed E-state index contributed by atoms with van der Waals surface area (Å²) in [6.45, 7) is 5.09. The molecule has 4 aromatic carbocycles.